The molecule has 0 amide bonds. The van der Waals surface area contributed by atoms with Crippen molar-refractivity contribution in [2.75, 3.05) is 13.1 Å². The molecule has 1 saturated carbocycles. The third-order valence-electron chi connectivity index (χ3n) is 4.48. The van der Waals surface area contributed by atoms with Crippen molar-refractivity contribution in [3.8, 4) is 0 Å². The smallest absolute Gasteiger partial charge is 0.138 e. The molecule has 20 heavy (non-hydrogen) atoms. The SMILES string of the molecule is CCCNCC(Cc1ncnn1C(C)C)C1CCCC1. The van der Waals surface area contributed by atoms with Gasteiger partial charge in [0.1, 0.15) is 12.2 Å². The van der Waals surface area contributed by atoms with E-state index in [0.29, 0.717) is 12.0 Å². The van der Waals surface area contributed by atoms with Crippen LogP contribution in [0, 0.1) is 11.8 Å². The molecule has 4 heteroatoms. The van der Waals surface area contributed by atoms with Gasteiger partial charge in [-0.3, -0.25) is 0 Å². The van der Waals surface area contributed by atoms with Crippen LogP contribution in [-0.2, 0) is 6.42 Å². The van der Waals surface area contributed by atoms with Gasteiger partial charge in [0.25, 0.3) is 0 Å². The predicted molar refractivity (Wildman–Crippen MR) is 82.7 cm³/mol. The Morgan fingerprint density at radius 1 is 1.35 bits per heavy atom. The molecule has 114 valence electrons. The maximum atomic E-state index is 4.50. The molecule has 0 spiro atoms. The fourth-order valence-electron chi connectivity index (χ4n) is 3.38. The molecule has 0 radical (unpaired) electrons. The number of nitrogens with zero attached hydrogens (tertiary/aromatic N) is 3. The van der Waals surface area contributed by atoms with Crippen molar-refractivity contribution in [3.63, 3.8) is 0 Å². The standard InChI is InChI=1S/C16H30N4/c1-4-9-17-11-15(14-7-5-6-8-14)10-16-18-12-19-20(16)13(2)3/h12-15,17H,4-11H2,1-3H3. The van der Waals surface area contributed by atoms with Crippen molar-refractivity contribution in [2.24, 2.45) is 11.8 Å². The summed E-state index contributed by atoms with van der Waals surface area (Å²) in [7, 11) is 0. The van der Waals surface area contributed by atoms with Gasteiger partial charge in [-0.25, -0.2) is 9.67 Å². The van der Waals surface area contributed by atoms with Gasteiger partial charge < -0.3 is 5.32 Å². The number of hydrogen-bond acceptors (Lipinski definition) is 3. The van der Waals surface area contributed by atoms with Crippen LogP contribution in [-0.4, -0.2) is 27.9 Å². The highest BCUT2D eigenvalue weighted by atomic mass is 15.3. The Kier molecular flexibility index (Phi) is 6.02. The third kappa shape index (κ3) is 4.05. The molecule has 0 saturated heterocycles. The monoisotopic (exact) mass is 278 g/mol. The minimum Gasteiger partial charge on any atom is -0.316 e. The lowest BCUT2D eigenvalue weighted by atomic mass is 9.87. The van der Waals surface area contributed by atoms with Crippen molar-refractivity contribution in [1.29, 1.82) is 0 Å². The summed E-state index contributed by atoms with van der Waals surface area (Å²) in [5.41, 5.74) is 0. The van der Waals surface area contributed by atoms with E-state index in [0.717, 1.165) is 31.3 Å². The lowest BCUT2D eigenvalue weighted by Crippen LogP contribution is -2.30. The van der Waals surface area contributed by atoms with Crippen LogP contribution in [0.1, 0.15) is 64.7 Å². The first kappa shape index (κ1) is 15.5. The molecule has 1 aliphatic rings. The van der Waals surface area contributed by atoms with Gasteiger partial charge in [0, 0.05) is 12.5 Å². The highest BCUT2D eigenvalue weighted by Crippen LogP contribution is 2.33. The first-order valence-corrected chi connectivity index (χ1v) is 8.31. The predicted octanol–water partition coefficient (Wildman–Crippen LogP) is 3.21. The minimum atomic E-state index is 0.403. The molecule has 1 aromatic heterocycles. The molecule has 1 aromatic rings. The topological polar surface area (TPSA) is 42.7 Å². The fourth-order valence-corrected chi connectivity index (χ4v) is 3.38. The number of aromatic nitrogens is 3. The number of hydrogen-bond donors (Lipinski definition) is 1. The van der Waals surface area contributed by atoms with Gasteiger partial charge >= 0.3 is 0 Å². The molecular weight excluding hydrogens is 248 g/mol. The zero-order chi connectivity index (χ0) is 14.4. The van der Waals surface area contributed by atoms with E-state index in [2.05, 4.69) is 40.9 Å². The molecule has 2 rings (SSSR count). The molecule has 1 N–H and O–H groups in total. The Bertz CT molecular complexity index is 380. The van der Waals surface area contributed by atoms with Crippen LogP contribution < -0.4 is 5.32 Å². The van der Waals surface area contributed by atoms with Crippen LogP contribution in [0.5, 0.6) is 0 Å². The van der Waals surface area contributed by atoms with E-state index in [9.17, 15) is 0 Å². The lowest BCUT2D eigenvalue weighted by molar-refractivity contribution is 0.309. The summed E-state index contributed by atoms with van der Waals surface area (Å²) >= 11 is 0. The van der Waals surface area contributed by atoms with Crippen molar-refractivity contribution in [3.05, 3.63) is 12.2 Å². The van der Waals surface area contributed by atoms with Crippen LogP contribution in [0.25, 0.3) is 0 Å². The van der Waals surface area contributed by atoms with E-state index < -0.39 is 0 Å². The van der Waals surface area contributed by atoms with E-state index >= 15 is 0 Å². The fraction of sp³-hybridized carbons (Fsp3) is 0.875. The average molecular weight is 278 g/mol. The molecule has 0 bridgehead atoms. The van der Waals surface area contributed by atoms with Gasteiger partial charge in [0.15, 0.2) is 0 Å². The van der Waals surface area contributed by atoms with Crippen LogP contribution in [0.3, 0.4) is 0 Å². The number of nitrogens with one attached hydrogen (secondary N) is 1. The Balaban J connectivity index is 2.00. The van der Waals surface area contributed by atoms with Gasteiger partial charge in [-0.2, -0.15) is 5.10 Å². The van der Waals surface area contributed by atoms with E-state index in [4.69, 9.17) is 0 Å². The van der Waals surface area contributed by atoms with Gasteiger partial charge in [0.2, 0.25) is 0 Å². The molecule has 1 aliphatic carbocycles. The molecule has 1 unspecified atom stereocenters. The first-order chi connectivity index (χ1) is 9.72. The van der Waals surface area contributed by atoms with Crippen molar-refractivity contribution in [1.82, 2.24) is 20.1 Å². The Morgan fingerprint density at radius 2 is 2.10 bits per heavy atom. The molecule has 4 nitrogen and oxygen atoms in total. The first-order valence-electron chi connectivity index (χ1n) is 8.31. The summed E-state index contributed by atoms with van der Waals surface area (Å²) in [6, 6.07) is 0.403. The van der Waals surface area contributed by atoms with E-state index in [1.807, 2.05) is 0 Å². The highest BCUT2D eigenvalue weighted by Gasteiger charge is 2.26. The van der Waals surface area contributed by atoms with Crippen molar-refractivity contribution in [2.45, 2.75) is 65.3 Å². The second-order valence-corrected chi connectivity index (χ2v) is 6.43. The largest absolute Gasteiger partial charge is 0.316 e. The maximum absolute atomic E-state index is 4.50. The van der Waals surface area contributed by atoms with E-state index in [1.165, 1.54) is 32.1 Å². The number of rotatable bonds is 8. The minimum absolute atomic E-state index is 0.403. The Labute approximate surface area is 123 Å². The van der Waals surface area contributed by atoms with Crippen LogP contribution in [0.15, 0.2) is 6.33 Å². The second kappa shape index (κ2) is 7.77. The maximum Gasteiger partial charge on any atom is 0.138 e. The Morgan fingerprint density at radius 3 is 2.75 bits per heavy atom. The van der Waals surface area contributed by atoms with E-state index in [1.54, 1.807) is 6.33 Å². The highest BCUT2D eigenvalue weighted by molar-refractivity contribution is 4.92. The molecular formula is C16H30N4. The van der Waals surface area contributed by atoms with Gasteiger partial charge in [-0.1, -0.05) is 32.6 Å². The average Bonchev–Trinajstić information content (AvgIpc) is 3.09. The van der Waals surface area contributed by atoms with E-state index in [-0.39, 0.29) is 0 Å². The summed E-state index contributed by atoms with van der Waals surface area (Å²) in [6.07, 6.45) is 9.60. The molecule has 0 aliphatic heterocycles. The third-order valence-corrected chi connectivity index (χ3v) is 4.48. The summed E-state index contributed by atoms with van der Waals surface area (Å²) in [5.74, 6) is 2.75. The lowest BCUT2D eigenvalue weighted by Gasteiger charge is -2.24. The van der Waals surface area contributed by atoms with Crippen LogP contribution in [0.2, 0.25) is 0 Å². The normalized spacial score (nSPS) is 18.0. The van der Waals surface area contributed by atoms with Crippen molar-refractivity contribution >= 4 is 0 Å². The Hall–Kier alpha value is -0.900. The van der Waals surface area contributed by atoms with Crippen LogP contribution >= 0.6 is 0 Å². The van der Waals surface area contributed by atoms with Gasteiger partial charge in [-0.05, 0) is 45.2 Å². The quantitative estimate of drug-likeness (QED) is 0.743. The molecule has 1 heterocycles. The summed E-state index contributed by atoms with van der Waals surface area (Å²) in [6.45, 7) is 8.84. The van der Waals surface area contributed by atoms with Gasteiger partial charge in [-0.15, -0.1) is 0 Å². The molecule has 1 fully saturated rings. The van der Waals surface area contributed by atoms with Crippen LogP contribution in [0.4, 0.5) is 0 Å². The van der Waals surface area contributed by atoms with Gasteiger partial charge in [0.05, 0.1) is 0 Å². The summed E-state index contributed by atoms with van der Waals surface area (Å²) in [4.78, 5) is 4.50. The zero-order valence-electron chi connectivity index (χ0n) is 13.3. The molecule has 0 aromatic carbocycles. The summed E-state index contributed by atoms with van der Waals surface area (Å²) in [5, 5.41) is 7.99. The summed E-state index contributed by atoms with van der Waals surface area (Å²) < 4.78 is 2.09. The second-order valence-electron chi connectivity index (χ2n) is 6.43. The zero-order valence-corrected chi connectivity index (χ0v) is 13.3. The van der Waals surface area contributed by atoms with Crippen molar-refractivity contribution < 1.29 is 0 Å². The molecule has 1 atom stereocenters.